The summed E-state index contributed by atoms with van der Waals surface area (Å²) in [4.78, 5) is 4.03. The quantitative estimate of drug-likeness (QED) is 0.486. The van der Waals surface area contributed by atoms with E-state index in [0.29, 0.717) is 31.7 Å². The highest BCUT2D eigenvalue weighted by molar-refractivity contribution is 7.87. The molecule has 0 radical (unpaired) electrons. The number of nitrogens with one attached hydrogen (secondary N) is 1. The molecule has 0 bridgehead atoms. The third kappa shape index (κ3) is 6.68. The summed E-state index contributed by atoms with van der Waals surface area (Å²) >= 11 is 0. The van der Waals surface area contributed by atoms with Crippen LogP contribution in [0.25, 0.3) is 11.0 Å². The first kappa shape index (κ1) is 25.5. The second-order valence-corrected chi connectivity index (χ2v) is 9.26. The number of alkyl halides is 2. The van der Waals surface area contributed by atoms with Crippen LogP contribution in [0.1, 0.15) is 32.6 Å². The first-order valence-electron chi connectivity index (χ1n) is 10.3. The van der Waals surface area contributed by atoms with Crippen molar-refractivity contribution in [3.63, 3.8) is 0 Å². The Kier molecular flexibility index (Phi) is 8.03. The smallest absolute Gasteiger partial charge is 0.297 e. The summed E-state index contributed by atoms with van der Waals surface area (Å²) in [6.07, 6.45) is -0.783. The Hall–Kier alpha value is -2.16. The largest absolute Gasteiger partial charge is 0.484 e. The van der Waals surface area contributed by atoms with Gasteiger partial charge in [-0.25, -0.2) is 22.7 Å². The van der Waals surface area contributed by atoms with Gasteiger partial charge in [0.1, 0.15) is 23.7 Å². The highest BCUT2D eigenvalue weighted by Crippen LogP contribution is 2.33. The highest BCUT2D eigenvalue weighted by Gasteiger charge is 2.27. The van der Waals surface area contributed by atoms with E-state index < -0.39 is 46.7 Å². The monoisotopic (exact) mass is 498 g/mol. The molecular formula is C19H26F4N4O5S. The topological polar surface area (TPSA) is 118 Å². The normalized spacial score (nSPS) is 20.4. The second kappa shape index (κ2) is 10.4. The molecule has 0 unspecified atom stereocenters. The van der Waals surface area contributed by atoms with E-state index >= 15 is 0 Å². The molecule has 9 nitrogen and oxygen atoms in total. The first-order chi connectivity index (χ1) is 15.4. The Bertz CT molecular complexity index is 1070. The molecule has 0 spiro atoms. The van der Waals surface area contributed by atoms with E-state index in [1.807, 2.05) is 0 Å². The van der Waals surface area contributed by atoms with Crippen molar-refractivity contribution in [1.29, 1.82) is 0 Å². The van der Waals surface area contributed by atoms with Crippen molar-refractivity contribution < 1.29 is 40.2 Å². The van der Waals surface area contributed by atoms with Crippen LogP contribution < -0.4 is 19.3 Å². The van der Waals surface area contributed by atoms with E-state index in [1.165, 1.54) is 11.6 Å². The first-order valence-corrected chi connectivity index (χ1v) is 11.8. The lowest BCUT2D eigenvalue weighted by atomic mass is 9.95. The minimum absolute atomic E-state index is 0.0100. The lowest BCUT2D eigenvalue weighted by Crippen LogP contribution is -2.41. The van der Waals surface area contributed by atoms with Crippen LogP contribution in [-0.2, 0) is 22.0 Å². The SMILES string of the molecule is C[C@@H](CO[C@H]1CC[C@H](Oc2nc3c(F)cc(OCC(F)F)c(F)c3n2C)CC1)NS(N)(=O)=O. The van der Waals surface area contributed by atoms with Crippen LogP contribution in [0.15, 0.2) is 6.07 Å². The average Bonchev–Trinajstić information content (AvgIpc) is 3.05. The molecule has 1 atom stereocenters. The van der Waals surface area contributed by atoms with Gasteiger partial charge in [0.15, 0.2) is 17.4 Å². The maximum absolute atomic E-state index is 14.7. The van der Waals surface area contributed by atoms with E-state index in [-0.39, 0.29) is 35.9 Å². The van der Waals surface area contributed by atoms with Crippen LogP contribution in [0.2, 0.25) is 0 Å². The molecule has 33 heavy (non-hydrogen) atoms. The molecule has 3 rings (SSSR count). The molecule has 1 aromatic carbocycles. The van der Waals surface area contributed by atoms with Crippen molar-refractivity contribution in [3.05, 3.63) is 17.7 Å². The standard InChI is InChI=1S/C19H26F4N4O5S/c1-10(26-33(24,28)29)8-30-11-3-5-12(6-4-11)32-19-25-17-13(20)7-14(31-9-15(21)22)16(23)18(17)27(19)2/h7,10-12,15,26H,3-6,8-9H2,1-2H3,(H2,24,28,29)/t10-,11-,12-/m0/s1. The fourth-order valence-electron chi connectivity index (χ4n) is 3.68. The summed E-state index contributed by atoms with van der Waals surface area (Å²) in [5.41, 5.74) is -0.537. The lowest BCUT2D eigenvalue weighted by molar-refractivity contribution is -0.00468. The number of hydrogen-bond acceptors (Lipinski definition) is 6. The molecule has 0 aliphatic heterocycles. The number of imidazole rings is 1. The molecule has 186 valence electrons. The van der Waals surface area contributed by atoms with Crippen molar-refractivity contribution in [1.82, 2.24) is 14.3 Å². The molecule has 3 N–H and O–H groups in total. The Labute approximate surface area is 188 Å². The number of aromatic nitrogens is 2. The molecule has 1 heterocycles. The molecule has 1 aliphatic carbocycles. The zero-order valence-electron chi connectivity index (χ0n) is 18.1. The predicted octanol–water partition coefficient (Wildman–Crippen LogP) is 2.38. The van der Waals surface area contributed by atoms with Gasteiger partial charge in [0.05, 0.1) is 12.7 Å². The summed E-state index contributed by atoms with van der Waals surface area (Å²) < 4.78 is 95.6. The Morgan fingerprint density at radius 1 is 1.21 bits per heavy atom. The molecule has 0 saturated heterocycles. The summed E-state index contributed by atoms with van der Waals surface area (Å²) in [6.45, 7) is 0.726. The van der Waals surface area contributed by atoms with Crippen LogP contribution in [0.5, 0.6) is 11.8 Å². The van der Waals surface area contributed by atoms with E-state index in [9.17, 15) is 26.0 Å². The van der Waals surface area contributed by atoms with Crippen LogP contribution in [-0.4, -0.2) is 55.9 Å². The summed E-state index contributed by atoms with van der Waals surface area (Å²) in [7, 11) is -2.38. The Balaban J connectivity index is 1.61. The maximum Gasteiger partial charge on any atom is 0.297 e. The van der Waals surface area contributed by atoms with Gasteiger partial charge in [-0.1, -0.05) is 0 Å². The maximum atomic E-state index is 14.7. The fraction of sp³-hybridized carbons (Fsp3) is 0.632. The van der Waals surface area contributed by atoms with Crippen molar-refractivity contribution in [2.75, 3.05) is 13.2 Å². The van der Waals surface area contributed by atoms with Crippen molar-refractivity contribution in [2.45, 2.75) is 57.3 Å². The molecule has 2 aromatic rings. The Morgan fingerprint density at radius 3 is 2.45 bits per heavy atom. The fourth-order valence-corrected chi connectivity index (χ4v) is 4.31. The molecule has 1 aromatic heterocycles. The van der Waals surface area contributed by atoms with Gasteiger partial charge in [-0.15, -0.1) is 0 Å². The van der Waals surface area contributed by atoms with Crippen LogP contribution in [0.3, 0.4) is 0 Å². The predicted molar refractivity (Wildman–Crippen MR) is 110 cm³/mol. The molecule has 1 fully saturated rings. The summed E-state index contributed by atoms with van der Waals surface area (Å²) in [5.74, 6) is -2.55. The minimum Gasteiger partial charge on any atom is -0.484 e. The van der Waals surface area contributed by atoms with Gasteiger partial charge in [0.2, 0.25) is 0 Å². The van der Waals surface area contributed by atoms with E-state index in [4.69, 9.17) is 14.6 Å². The number of nitrogens with zero attached hydrogens (tertiary/aromatic N) is 2. The number of halogens is 4. The van der Waals surface area contributed by atoms with E-state index in [0.717, 1.165) is 0 Å². The third-order valence-electron chi connectivity index (χ3n) is 5.17. The molecular weight excluding hydrogens is 472 g/mol. The lowest BCUT2D eigenvalue weighted by Gasteiger charge is -2.29. The number of fused-ring (bicyclic) bond motifs is 1. The highest BCUT2D eigenvalue weighted by atomic mass is 32.2. The van der Waals surface area contributed by atoms with Gasteiger partial charge in [0.25, 0.3) is 22.6 Å². The van der Waals surface area contributed by atoms with E-state index in [1.54, 1.807) is 6.92 Å². The van der Waals surface area contributed by atoms with Crippen LogP contribution in [0.4, 0.5) is 17.6 Å². The van der Waals surface area contributed by atoms with E-state index in [2.05, 4.69) is 14.4 Å². The molecule has 0 amide bonds. The van der Waals surface area contributed by atoms with Gasteiger partial charge in [-0.05, 0) is 32.6 Å². The van der Waals surface area contributed by atoms with Gasteiger partial charge in [-0.2, -0.15) is 18.1 Å². The third-order valence-corrected chi connectivity index (χ3v) is 5.90. The van der Waals surface area contributed by atoms with Crippen molar-refractivity contribution >= 4 is 21.2 Å². The number of benzene rings is 1. The van der Waals surface area contributed by atoms with Crippen molar-refractivity contribution in [2.24, 2.45) is 12.2 Å². The number of hydrogen-bond donors (Lipinski definition) is 2. The number of rotatable bonds is 10. The number of nitrogens with two attached hydrogens (primary N) is 1. The Morgan fingerprint density at radius 2 is 1.85 bits per heavy atom. The van der Waals surface area contributed by atoms with Crippen LogP contribution in [0, 0.1) is 11.6 Å². The average molecular weight is 498 g/mol. The summed E-state index contributed by atoms with van der Waals surface area (Å²) in [5, 5.41) is 4.93. The molecule has 14 heteroatoms. The molecule has 1 saturated carbocycles. The summed E-state index contributed by atoms with van der Waals surface area (Å²) in [6, 6.07) is 0.197. The van der Waals surface area contributed by atoms with Gasteiger partial charge < -0.3 is 14.2 Å². The number of ether oxygens (including phenoxy) is 3. The van der Waals surface area contributed by atoms with Crippen molar-refractivity contribution in [3.8, 4) is 11.8 Å². The number of aryl methyl sites for hydroxylation is 1. The van der Waals surface area contributed by atoms with Gasteiger partial charge >= 0.3 is 0 Å². The minimum atomic E-state index is -3.80. The van der Waals surface area contributed by atoms with Crippen LogP contribution >= 0.6 is 0 Å². The van der Waals surface area contributed by atoms with Gasteiger partial charge in [-0.3, -0.25) is 4.57 Å². The zero-order valence-corrected chi connectivity index (χ0v) is 18.9. The molecule has 1 aliphatic rings. The zero-order chi connectivity index (χ0) is 24.3. The van der Waals surface area contributed by atoms with Gasteiger partial charge in [0, 0.05) is 19.2 Å². The second-order valence-electron chi connectivity index (χ2n) is 7.94.